The lowest BCUT2D eigenvalue weighted by Gasteiger charge is -2.08. The summed E-state index contributed by atoms with van der Waals surface area (Å²) in [5, 5.41) is 20.8. The van der Waals surface area contributed by atoms with Crippen molar-refractivity contribution in [3.05, 3.63) is 54.4 Å². The molecule has 0 bridgehead atoms. The van der Waals surface area contributed by atoms with Crippen LogP contribution in [0, 0.1) is 0 Å². The molecule has 0 aliphatic rings. The zero-order valence-electron chi connectivity index (χ0n) is 14.5. The van der Waals surface area contributed by atoms with Crippen LogP contribution in [0.5, 0.6) is 0 Å². The van der Waals surface area contributed by atoms with E-state index in [0.29, 0.717) is 23.1 Å². The van der Waals surface area contributed by atoms with Gasteiger partial charge in [0.25, 0.3) is 0 Å². The summed E-state index contributed by atoms with van der Waals surface area (Å²) < 4.78 is 1.83. The summed E-state index contributed by atoms with van der Waals surface area (Å²) in [6.07, 6.45) is 1.42. The molecule has 9 heteroatoms. The summed E-state index contributed by atoms with van der Waals surface area (Å²) in [4.78, 5) is 27.0. The van der Waals surface area contributed by atoms with Crippen LogP contribution < -0.4 is 5.32 Å². The lowest BCUT2D eigenvalue weighted by atomic mass is 10.2. The van der Waals surface area contributed by atoms with Crippen molar-refractivity contribution in [3.8, 4) is 11.4 Å². The molecule has 8 nitrogen and oxygen atoms in total. The molecule has 1 amide bonds. The topological polar surface area (TPSA) is 110 Å². The number of aromatic nitrogens is 4. The highest BCUT2D eigenvalue weighted by Gasteiger charge is 2.16. The molecule has 0 saturated heterocycles. The number of pyridine rings is 1. The average Bonchev–Trinajstić information content (AvgIpc) is 3.10. The van der Waals surface area contributed by atoms with Crippen LogP contribution in [0.1, 0.15) is 17.4 Å². The number of aromatic carboxylic acids is 1. The van der Waals surface area contributed by atoms with Crippen molar-refractivity contribution in [1.29, 1.82) is 0 Å². The van der Waals surface area contributed by atoms with Gasteiger partial charge in [-0.05, 0) is 31.2 Å². The number of nitrogens with one attached hydrogen (secondary N) is 1. The summed E-state index contributed by atoms with van der Waals surface area (Å²) in [7, 11) is 0. The van der Waals surface area contributed by atoms with Gasteiger partial charge in [-0.3, -0.25) is 4.79 Å². The Morgan fingerprint density at radius 1 is 1.19 bits per heavy atom. The van der Waals surface area contributed by atoms with Crippen molar-refractivity contribution in [2.24, 2.45) is 0 Å². The molecule has 0 atom stereocenters. The van der Waals surface area contributed by atoms with Crippen molar-refractivity contribution < 1.29 is 14.7 Å². The van der Waals surface area contributed by atoms with Crippen molar-refractivity contribution in [1.82, 2.24) is 19.7 Å². The number of carbonyl (C=O) groups is 2. The van der Waals surface area contributed by atoms with E-state index in [1.54, 1.807) is 6.07 Å². The Balaban J connectivity index is 1.73. The zero-order valence-corrected chi connectivity index (χ0v) is 15.3. The van der Waals surface area contributed by atoms with Gasteiger partial charge in [0.2, 0.25) is 5.91 Å². The minimum Gasteiger partial charge on any atom is -0.477 e. The van der Waals surface area contributed by atoms with Gasteiger partial charge < -0.3 is 15.0 Å². The molecule has 0 radical (unpaired) electrons. The van der Waals surface area contributed by atoms with E-state index in [0.717, 1.165) is 5.69 Å². The second-order valence-electron chi connectivity index (χ2n) is 5.49. The van der Waals surface area contributed by atoms with E-state index >= 15 is 0 Å². The first-order valence-electron chi connectivity index (χ1n) is 8.19. The monoisotopic (exact) mass is 383 g/mol. The predicted octanol–water partition coefficient (Wildman–Crippen LogP) is 2.79. The fourth-order valence-corrected chi connectivity index (χ4v) is 3.23. The lowest BCUT2D eigenvalue weighted by molar-refractivity contribution is -0.113. The van der Waals surface area contributed by atoms with Gasteiger partial charge in [-0.25, -0.2) is 9.78 Å². The molecule has 0 aliphatic carbocycles. The largest absolute Gasteiger partial charge is 0.477 e. The highest BCUT2D eigenvalue weighted by molar-refractivity contribution is 7.99. The van der Waals surface area contributed by atoms with Crippen molar-refractivity contribution in [2.75, 3.05) is 11.1 Å². The molecule has 1 aromatic carbocycles. The second kappa shape index (κ2) is 8.45. The van der Waals surface area contributed by atoms with Crippen molar-refractivity contribution >= 4 is 29.3 Å². The van der Waals surface area contributed by atoms with Gasteiger partial charge in [-0.2, -0.15) is 0 Å². The molecule has 2 aromatic heterocycles. The summed E-state index contributed by atoms with van der Waals surface area (Å²) in [5.41, 5.74) is 1.28. The maximum Gasteiger partial charge on any atom is 0.354 e. The van der Waals surface area contributed by atoms with Gasteiger partial charge in [-0.1, -0.05) is 30.0 Å². The van der Waals surface area contributed by atoms with E-state index < -0.39 is 5.97 Å². The van der Waals surface area contributed by atoms with E-state index in [1.165, 1.54) is 24.0 Å². The summed E-state index contributed by atoms with van der Waals surface area (Å²) in [5.74, 6) is -0.528. The SMILES string of the molecule is CCn1c(SCC(=O)Nc2ccccc2)nnc1-c1ccnc(C(=O)O)c1. The number of nitrogens with zero attached hydrogens (tertiary/aromatic N) is 4. The first-order valence-corrected chi connectivity index (χ1v) is 9.17. The Kier molecular flexibility index (Phi) is 5.82. The van der Waals surface area contributed by atoms with Crippen LogP contribution in [0.25, 0.3) is 11.4 Å². The van der Waals surface area contributed by atoms with E-state index in [-0.39, 0.29) is 17.4 Å². The molecule has 27 heavy (non-hydrogen) atoms. The Morgan fingerprint density at radius 3 is 2.67 bits per heavy atom. The molecular formula is C18H17N5O3S. The molecule has 138 valence electrons. The molecule has 3 aromatic rings. The molecular weight excluding hydrogens is 366 g/mol. The van der Waals surface area contributed by atoms with Crippen LogP contribution in [0.3, 0.4) is 0 Å². The first kappa shape index (κ1) is 18.6. The Bertz CT molecular complexity index is 959. The molecule has 3 rings (SSSR count). The fraction of sp³-hybridized carbons (Fsp3) is 0.167. The number of carboxylic acid groups (broad SMARTS) is 1. The number of hydrogen-bond acceptors (Lipinski definition) is 6. The number of hydrogen-bond donors (Lipinski definition) is 2. The highest BCUT2D eigenvalue weighted by atomic mass is 32.2. The van der Waals surface area contributed by atoms with Gasteiger partial charge in [0.05, 0.1) is 5.75 Å². The van der Waals surface area contributed by atoms with E-state index in [4.69, 9.17) is 5.11 Å². The van der Waals surface area contributed by atoms with Crippen LogP contribution in [0.4, 0.5) is 5.69 Å². The third kappa shape index (κ3) is 4.50. The summed E-state index contributed by atoms with van der Waals surface area (Å²) in [6.45, 7) is 2.51. The molecule has 0 spiro atoms. The lowest BCUT2D eigenvalue weighted by Crippen LogP contribution is -2.14. The van der Waals surface area contributed by atoms with Gasteiger partial charge in [0.1, 0.15) is 5.69 Å². The third-order valence-electron chi connectivity index (χ3n) is 3.66. The molecule has 2 N–H and O–H groups in total. The van der Waals surface area contributed by atoms with Gasteiger partial charge in [-0.15, -0.1) is 10.2 Å². The molecule has 0 fully saturated rings. The predicted molar refractivity (Wildman–Crippen MR) is 102 cm³/mol. The van der Waals surface area contributed by atoms with Crippen LogP contribution in [-0.2, 0) is 11.3 Å². The minimum absolute atomic E-state index is 0.0606. The number of para-hydroxylation sites is 1. The standard InChI is InChI=1S/C18H17N5O3S/c1-2-23-16(12-8-9-19-14(10-12)17(25)26)21-22-18(23)27-11-15(24)20-13-6-4-3-5-7-13/h3-10H,2,11H2,1H3,(H,20,24)(H,25,26). The van der Waals surface area contributed by atoms with E-state index in [1.807, 2.05) is 41.8 Å². The minimum atomic E-state index is -1.11. The maximum absolute atomic E-state index is 12.1. The number of carbonyl (C=O) groups excluding carboxylic acids is 1. The van der Waals surface area contributed by atoms with E-state index in [2.05, 4.69) is 20.5 Å². The quantitative estimate of drug-likeness (QED) is 0.604. The van der Waals surface area contributed by atoms with Gasteiger partial charge in [0, 0.05) is 24.0 Å². The first-order chi connectivity index (χ1) is 13.1. The van der Waals surface area contributed by atoms with E-state index in [9.17, 15) is 9.59 Å². The molecule has 0 unspecified atom stereocenters. The van der Waals surface area contributed by atoms with Crippen molar-refractivity contribution in [2.45, 2.75) is 18.6 Å². The van der Waals surface area contributed by atoms with Crippen LogP contribution in [0.2, 0.25) is 0 Å². The number of rotatable bonds is 7. The number of amides is 1. The summed E-state index contributed by atoms with van der Waals surface area (Å²) >= 11 is 1.27. The fourth-order valence-electron chi connectivity index (χ4n) is 2.43. The second-order valence-corrected chi connectivity index (χ2v) is 6.43. The van der Waals surface area contributed by atoms with Crippen LogP contribution in [0.15, 0.2) is 53.8 Å². The van der Waals surface area contributed by atoms with Crippen LogP contribution >= 0.6 is 11.8 Å². The summed E-state index contributed by atoms with van der Waals surface area (Å²) in [6, 6.07) is 12.3. The maximum atomic E-state index is 12.1. The highest BCUT2D eigenvalue weighted by Crippen LogP contribution is 2.24. The molecule has 0 saturated carbocycles. The number of thioether (sulfide) groups is 1. The number of benzene rings is 1. The molecule has 2 heterocycles. The molecule has 0 aliphatic heterocycles. The zero-order chi connectivity index (χ0) is 19.2. The third-order valence-corrected chi connectivity index (χ3v) is 4.63. The Morgan fingerprint density at radius 2 is 1.96 bits per heavy atom. The van der Waals surface area contributed by atoms with Gasteiger partial charge in [0.15, 0.2) is 11.0 Å². The normalized spacial score (nSPS) is 10.6. The number of carboxylic acids is 1. The number of anilines is 1. The average molecular weight is 383 g/mol. The van der Waals surface area contributed by atoms with Crippen LogP contribution in [-0.4, -0.2) is 42.5 Å². The van der Waals surface area contributed by atoms with Crippen molar-refractivity contribution in [3.63, 3.8) is 0 Å². The Labute approximate surface area is 159 Å². The van der Waals surface area contributed by atoms with Gasteiger partial charge >= 0.3 is 5.97 Å². The Hall–Kier alpha value is -3.20. The smallest absolute Gasteiger partial charge is 0.354 e.